The molecule has 1 heterocycles. The summed E-state index contributed by atoms with van der Waals surface area (Å²) in [5.41, 5.74) is 0.442. The average Bonchev–Trinajstić information content (AvgIpc) is 2.56. The van der Waals surface area contributed by atoms with Crippen molar-refractivity contribution in [1.29, 1.82) is 0 Å². The standard InChI is InChI=1S/C11H18N2O3S2/c1-3-13(7-9-5-4-6-9)18(15,16)10-8(2)12-11(14)17-10/h9H,3-7H2,1-2H3,(H,12,14). The molecule has 1 fully saturated rings. The maximum absolute atomic E-state index is 12.5. The second kappa shape index (κ2) is 5.14. The quantitative estimate of drug-likeness (QED) is 0.894. The zero-order valence-corrected chi connectivity index (χ0v) is 12.2. The van der Waals surface area contributed by atoms with Crippen molar-refractivity contribution < 1.29 is 8.42 Å². The molecular weight excluding hydrogens is 272 g/mol. The zero-order valence-electron chi connectivity index (χ0n) is 10.6. The van der Waals surface area contributed by atoms with E-state index in [2.05, 4.69) is 4.98 Å². The third-order valence-electron chi connectivity index (χ3n) is 3.39. The van der Waals surface area contributed by atoms with Crippen LogP contribution in [0.2, 0.25) is 0 Å². The molecule has 0 amide bonds. The predicted octanol–water partition coefficient (Wildman–Crippen LogP) is 1.56. The van der Waals surface area contributed by atoms with E-state index >= 15 is 0 Å². The molecule has 0 unspecified atom stereocenters. The molecule has 5 nitrogen and oxygen atoms in total. The van der Waals surface area contributed by atoms with Gasteiger partial charge in [0, 0.05) is 18.8 Å². The fourth-order valence-corrected chi connectivity index (χ4v) is 5.07. The van der Waals surface area contributed by atoms with E-state index in [9.17, 15) is 13.2 Å². The van der Waals surface area contributed by atoms with Gasteiger partial charge in [-0.05, 0) is 25.7 Å². The van der Waals surface area contributed by atoms with E-state index in [0.29, 0.717) is 24.7 Å². The third-order valence-corrected chi connectivity index (χ3v) is 6.92. The molecule has 1 aliphatic rings. The summed E-state index contributed by atoms with van der Waals surface area (Å²) in [6.07, 6.45) is 3.40. The highest BCUT2D eigenvalue weighted by Crippen LogP contribution is 2.30. The molecule has 0 radical (unpaired) electrons. The first-order valence-corrected chi connectivity index (χ1v) is 8.40. The molecule has 1 N–H and O–H groups in total. The van der Waals surface area contributed by atoms with Crippen molar-refractivity contribution in [2.24, 2.45) is 5.92 Å². The largest absolute Gasteiger partial charge is 0.315 e. The van der Waals surface area contributed by atoms with Gasteiger partial charge < -0.3 is 4.98 Å². The minimum absolute atomic E-state index is 0.161. The minimum atomic E-state index is -3.51. The minimum Gasteiger partial charge on any atom is -0.315 e. The van der Waals surface area contributed by atoms with Crippen molar-refractivity contribution in [3.8, 4) is 0 Å². The number of hydrogen-bond acceptors (Lipinski definition) is 4. The Hall–Kier alpha value is -0.660. The lowest BCUT2D eigenvalue weighted by atomic mass is 9.85. The van der Waals surface area contributed by atoms with E-state index in [-0.39, 0.29) is 9.08 Å². The van der Waals surface area contributed by atoms with Gasteiger partial charge in [0.05, 0.1) is 0 Å². The summed E-state index contributed by atoms with van der Waals surface area (Å²) in [5, 5.41) is 0. The molecule has 102 valence electrons. The SMILES string of the molecule is CCN(CC1CCC1)S(=O)(=O)c1sc(=O)[nH]c1C. The van der Waals surface area contributed by atoms with Crippen LogP contribution in [0.15, 0.2) is 9.00 Å². The van der Waals surface area contributed by atoms with Crippen LogP contribution in [0, 0.1) is 12.8 Å². The van der Waals surface area contributed by atoms with Crippen molar-refractivity contribution in [3.63, 3.8) is 0 Å². The van der Waals surface area contributed by atoms with Crippen molar-refractivity contribution >= 4 is 21.4 Å². The molecule has 1 aromatic heterocycles. The summed E-state index contributed by atoms with van der Waals surface area (Å²) in [6, 6.07) is 0. The van der Waals surface area contributed by atoms with Gasteiger partial charge in [-0.1, -0.05) is 24.7 Å². The molecule has 0 aliphatic heterocycles. The zero-order chi connectivity index (χ0) is 13.3. The van der Waals surface area contributed by atoms with E-state index in [4.69, 9.17) is 0 Å². The highest BCUT2D eigenvalue weighted by atomic mass is 32.2. The maximum atomic E-state index is 12.5. The highest BCUT2D eigenvalue weighted by molar-refractivity contribution is 7.91. The lowest BCUT2D eigenvalue weighted by molar-refractivity contribution is 0.250. The Balaban J connectivity index is 2.27. The summed E-state index contributed by atoms with van der Waals surface area (Å²) in [5.74, 6) is 0.482. The molecule has 0 spiro atoms. The van der Waals surface area contributed by atoms with Crippen molar-refractivity contribution in [1.82, 2.24) is 9.29 Å². The Morgan fingerprint density at radius 1 is 1.44 bits per heavy atom. The lowest BCUT2D eigenvalue weighted by Crippen LogP contribution is -2.37. The predicted molar refractivity (Wildman–Crippen MR) is 71.5 cm³/mol. The number of rotatable bonds is 5. The van der Waals surface area contributed by atoms with Gasteiger partial charge in [-0.15, -0.1) is 0 Å². The molecule has 0 atom stereocenters. The van der Waals surface area contributed by atoms with E-state index < -0.39 is 10.0 Å². The Bertz CT molecular complexity index is 569. The monoisotopic (exact) mass is 290 g/mol. The smallest absolute Gasteiger partial charge is 0.305 e. The number of aromatic nitrogens is 1. The molecule has 2 rings (SSSR count). The van der Waals surface area contributed by atoms with Crippen LogP contribution < -0.4 is 4.87 Å². The van der Waals surface area contributed by atoms with Gasteiger partial charge in [0.1, 0.15) is 0 Å². The number of hydrogen-bond donors (Lipinski definition) is 1. The van der Waals surface area contributed by atoms with Crippen LogP contribution in [0.1, 0.15) is 31.9 Å². The third kappa shape index (κ3) is 2.53. The van der Waals surface area contributed by atoms with Crippen LogP contribution in [0.25, 0.3) is 0 Å². The molecule has 0 saturated heterocycles. The van der Waals surface area contributed by atoms with Crippen LogP contribution in [-0.4, -0.2) is 30.8 Å². The first-order chi connectivity index (χ1) is 8.45. The average molecular weight is 290 g/mol. The molecule has 0 aromatic carbocycles. The van der Waals surface area contributed by atoms with E-state index in [1.54, 1.807) is 6.92 Å². The van der Waals surface area contributed by atoms with Crippen LogP contribution in [-0.2, 0) is 10.0 Å². The molecule has 7 heteroatoms. The number of aromatic amines is 1. The van der Waals surface area contributed by atoms with Gasteiger partial charge in [-0.2, -0.15) is 4.31 Å². The van der Waals surface area contributed by atoms with Gasteiger partial charge in [0.25, 0.3) is 10.0 Å². The van der Waals surface area contributed by atoms with Crippen molar-refractivity contribution in [2.45, 2.75) is 37.3 Å². The molecule has 1 saturated carbocycles. The molecule has 0 bridgehead atoms. The van der Waals surface area contributed by atoms with Crippen LogP contribution >= 0.6 is 11.3 Å². The van der Waals surface area contributed by atoms with E-state index in [1.807, 2.05) is 6.92 Å². The molecule has 18 heavy (non-hydrogen) atoms. The van der Waals surface area contributed by atoms with Gasteiger partial charge in [-0.25, -0.2) is 8.42 Å². The second-order valence-electron chi connectivity index (χ2n) is 4.68. The van der Waals surface area contributed by atoms with E-state index in [1.165, 1.54) is 10.7 Å². The summed E-state index contributed by atoms with van der Waals surface area (Å²) in [7, 11) is -3.51. The van der Waals surface area contributed by atoms with E-state index in [0.717, 1.165) is 24.2 Å². The van der Waals surface area contributed by atoms with Crippen molar-refractivity contribution in [2.75, 3.05) is 13.1 Å². The fourth-order valence-electron chi connectivity index (χ4n) is 2.11. The highest BCUT2D eigenvalue weighted by Gasteiger charge is 2.31. The van der Waals surface area contributed by atoms with Crippen molar-refractivity contribution in [3.05, 3.63) is 15.4 Å². The fraction of sp³-hybridized carbons (Fsp3) is 0.727. The Kier molecular flexibility index (Phi) is 3.93. The second-order valence-corrected chi connectivity index (χ2v) is 7.80. The number of nitrogens with one attached hydrogen (secondary N) is 1. The van der Waals surface area contributed by atoms with Gasteiger partial charge >= 0.3 is 4.87 Å². The molecular formula is C11H18N2O3S2. The molecule has 1 aromatic rings. The van der Waals surface area contributed by atoms with Crippen LogP contribution in [0.3, 0.4) is 0 Å². The summed E-state index contributed by atoms with van der Waals surface area (Å²) in [4.78, 5) is 13.5. The summed E-state index contributed by atoms with van der Waals surface area (Å²) in [6.45, 7) is 4.48. The Labute approximate surface area is 111 Å². The summed E-state index contributed by atoms with van der Waals surface area (Å²) < 4.78 is 26.6. The number of thiazole rings is 1. The first-order valence-electron chi connectivity index (χ1n) is 6.15. The van der Waals surface area contributed by atoms with Gasteiger partial charge in [0.15, 0.2) is 4.21 Å². The van der Waals surface area contributed by atoms with Gasteiger partial charge in [-0.3, -0.25) is 4.79 Å². The van der Waals surface area contributed by atoms with Crippen LogP contribution in [0.4, 0.5) is 0 Å². The molecule has 1 aliphatic carbocycles. The number of sulfonamides is 1. The first kappa shape index (κ1) is 13.8. The number of nitrogens with zero attached hydrogens (tertiary/aromatic N) is 1. The maximum Gasteiger partial charge on any atom is 0.305 e. The lowest BCUT2D eigenvalue weighted by Gasteiger charge is -2.30. The Morgan fingerprint density at radius 3 is 2.50 bits per heavy atom. The summed E-state index contributed by atoms with van der Waals surface area (Å²) >= 11 is 0.777. The normalized spacial score (nSPS) is 17.1. The topological polar surface area (TPSA) is 70.2 Å². The number of aryl methyl sites for hydroxylation is 1. The number of H-pyrrole nitrogens is 1. The Morgan fingerprint density at radius 2 is 2.11 bits per heavy atom. The van der Waals surface area contributed by atoms with Crippen LogP contribution in [0.5, 0.6) is 0 Å². The van der Waals surface area contributed by atoms with Gasteiger partial charge in [0.2, 0.25) is 0 Å².